The number of sulfone groups is 1. The number of anilines is 1. The lowest BCUT2D eigenvalue weighted by molar-refractivity contribution is 0.348. The fourth-order valence-electron chi connectivity index (χ4n) is 3.01. The molecule has 0 spiro atoms. The maximum absolute atomic E-state index is 12.8. The minimum Gasteiger partial charge on any atom is -0.398 e. The average molecular weight is 281 g/mol. The Morgan fingerprint density at radius 1 is 1.32 bits per heavy atom. The lowest BCUT2D eigenvalue weighted by Gasteiger charge is -2.28. The molecule has 19 heavy (non-hydrogen) atoms. The van der Waals surface area contributed by atoms with E-state index in [0.29, 0.717) is 22.1 Å². The van der Waals surface area contributed by atoms with Crippen molar-refractivity contribution in [3.8, 4) is 0 Å². The molecule has 1 fully saturated rings. The minimum absolute atomic E-state index is 0.230. The number of nitrogens with two attached hydrogens (primary N) is 1. The van der Waals surface area contributed by atoms with E-state index >= 15 is 0 Å². The summed E-state index contributed by atoms with van der Waals surface area (Å²) in [5, 5.41) is -0.230. The molecule has 1 saturated carbocycles. The lowest BCUT2D eigenvalue weighted by atomic mass is 9.87. The Labute approximate surface area is 116 Å². The molecular formula is C15H23NO2S. The third-order valence-corrected chi connectivity index (χ3v) is 6.74. The summed E-state index contributed by atoms with van der Waals surface area (Å²) in [5.74, 6) is 0.551. The first-order chi connectivity index (χ1) is 8.96. The van der Waals surface area contributed by atoms with Gasteiger partial charge in [0.15, 0.2) is 9.84 Å². The van der Waals surface area contributed by atoms with Gasteiger partial charge in [0.1, 0.15) is 0 Å². The third-order valence-electron chi connectivity index (χ3n) is 4.38. The number of nitrogen functional groups attached to an aromatic ring is 1. The maximum Gasteiger partial charge on any atom is 0.181 e. The Morgan fingerprint density at radius 2 is 2.05 bits per heavy atom. The zero-order valence-electron chi connectivity index (χ0n) is 11.7. The van der Waals surface area contributed by atoms with Crippen molar-refractivity contribution in [1.82, 2.24) is 0 Å². The van der Waals surface area contributed by atoms with Crippen LogP contribution in [0.3, 0.4) is 0 Å². The molecule has 106 valence electrons. The van der Waals surface area contributed by atoms with E-state index in [1.807, 2.05) is 0 Å². The molecule has 1 aromatic carbocycles. The lowest BCUT2D eigenvalue weighted by Crippen LogP contribution is -2.28. The normalized spacial score (nSPS) is 24.3. The summed E-state index contributed by atoms with van der Waals surface area (Å²) in [6.45, 7) is 3.94. The molecule has 2 rings (SSSR count). The molecule has 2 N–H and O–H groups in total. The van der Waals surface area contributed by atoms with Crippen LogP contribution >= 0.6 is 0 Å². The van der Waals surface area contributed by atoms with Crippen LogP contribution < -0.4 is 5.73 Å². The molecule has 2 atom stereocenters. The Bertz CT molecular complexity index is 551. The summed E-state index contributed by atoms with van der Waals surface area (Å²) < 4.78 is 25.5. The van der Waals surface area contributed by atoms with Gasteiger partial charge in [-0.15, -0.1) is 0 Å². The zero-order chi connectivity index (χ0) is 14.0. The first-order valence-corrected chi connectivity index (χ1v) is 8.60. The summed E-state index contributed by atoms with van der Waals surface area (Å²) in [5.41, 5.74) is 7.09. The van der Waals surface area contributed by atoms with Crippen LogP contribution in [-0.2, 0) is 9.84 Å². The first-order valence-electron chi connectivity index (χ1n) is 7.05. The van der Waals surface area contributed by atoms with Crippen molar-refractivity contribution >= 4 is 15.5 Å². The third kappa shape index (κ3) is 2.78. The SMILES string of the molecule is CCC1CCCC(S(=O)(=O)c2cccc(N)c2C)C1. The van der Waals surface area contributed by atoms with Gasteiger partial charge in [-0.05, 0) is 43.4 Å². The van der Waals surface area contributed by atoms with Crippen LogP contribution in [-0.4, -0.2) is 13.7 Å². The predicted octanol–water partition coefficient (Wildman–Crippen LogP) is 3.32. The van der Waals surface area contributed by atoms with Crippen molar-refractivity contribution in [2.24, 2.45) is 5.92 Å². The molecule has 0 radical (unpaired) electrons. The molecule has 0 amide bonds. The molecule has 0 heterocycles. The quantitative estimate of drug-likeness (QED) is 0.865. The summed E-state index contributed by atoms with van der Waals surface area (Å²) in [7, 11) is -3.24. The number of hydrogen-bond acceptors (Lipinski definition) is 3. The Morgan fingerprint density at radius 3 is 2.74 bits per heavy atom. The van der Waals surface area contributed by atoms with Gasteiger partial charge in [0, 0.05) is 5.69 Å². The van der Waals surface area contributed by atoms with Crippen molar-refractivity contribution in [1.29, 1.82) is 0 Å². The highest BCUT2D eigenvalue weighted by molar-refractivity contribution is 7.92. The van der Waals surface area contributed by atoms with Crippen LogP contribution in [0.4, 0.5) is 5.69 Å². The van der Waals surface area contributed by atoms with Crippen molar-refractivity contribution < 1.29 is 8.42 Å². The van der Waals surface area contributed by atoms with Gasteiger partial charge in [0.25, 0.3) is 0 Å². The molecular weight excluding hydrogens is 258 g/mol. The minimum atomic E-state index is -3.24. The van der Waals surface area contributed by atoms with Gasteiger partial charge < -0.3 is 5.73 Å². The van der Waals surface area contributed by atoms with E-state index in [0.717, 1.165) is 25.7 Å². The molecule has 0 saturated heterocycles. The molecule has 4 heteroatoms. The van der Waals surface area contributed by atoms with E-state index in [9.17, 15) is 8.42 Å². The van der Waals surface area contributed by atoms with Gasteiger partial charge in [-0.2, -0.15) is 0 Å². The van der Waals surface area contributed by atoms with Crippen LogP contribution in [0.25, 0.3) is 0 Å². The van der Waals surface area contributed by atoms with E-state index in [1.165, 1.54) is 6.42 Å². The maximum atomic E-state index is 12.8. The predicted molar refractivity (Wildman–Crippen MR) is 78.8 cm³/mol. The highest BCUT2D eigenvalue weighted by Crippen LogP contribution is 2.35. The largest absolute Gasteiger partial charge is 0.398 e. The summed E-state index contributed by atoms with van der Waals surface area (Å²) in [6.07, 6.45) is 4.84. The van der Waals surface area contributed by atoms with E-state index in [1.54, 1.807) is 25.1 Å². The molecule has 3 nitrogen and oxygen atoms in total. The number of rotatable bonds is 3. The Balaban J connectivity index is 2.34. The van der Waals surface area contributed by atoms with Crippen LogP contribution in [0.2, 0.25) is 0 Å². The Kier molecular flexibility index (Phi) is 4.19. The second-order valence-electron chi connectivity index (χ2n) is 5.58. The fraction of sp³-hybridized carbons (Fsp3) is 0.600. The highest BCUT2D eigenvalue weighted by Gasteiger charge is 2.33. The van der Waals surface area contributed by atoms with Gasteiger partial charge in [0.05, 0.1) is 10.1 Å². The van der Waals surface area contributed by atoms with Gasteiger partial charge in [-0.1, -0.05) is 32.3 Å². The van der Waals surface area contributed by atoms with Gasteiger partial charge >= 0.3 is 0 Å². The average Bonchev–Trinajstić information content (AvgIpc) is 2.41. The van der Waals surface area contributed by atoms with Crippen molar-refractivity contribution in [3.63, 3.8) is 0 Å². The van der Waals surface area contributed by atoms with Crippen LogP contribution in [0.1, 0.15) is 44.6 Å². The molecule has 2 unspecified atom stereocenters. The molecule has 1 aliphatic carbocycles. The smallest absolute Gasteiger partial charge is 0.181 e. The number of benzene rings is 1. The van der Waals surface area contributed by atoms with Crippen molar-refractivity contribution in [2.45, 2.75) is 56.1 Å². The highest BCUT2D eigenvalue weighted by atomic mass is 32.2. The van der Waals surface area contributed by atoms with E-state index in [-0.39, 0.29) is 5.25 Å². The molecule has 0 bridgehead atoms. The number of hydrogen-bond donors (Lipinski definition) is 1. The van der Waals surface area contributed by atoms with E-state index in [4.69, 9.17) is 5.73 Å². The van der Waals surface area contributed by atoms with Crippen LogP contribution in [0.5, 0.6) is 0 Å². The first kappa shape index (κ1) is 14.4. The topological polar surface area (TPSA) is 60.2 Å². The molecule has 1 aliphatic rings. The fourth-order valence-corrected chi connectivity index (χ4v) is 5.19. The zero-order valence-corrected chi connectivity index (χ0v) is 12.5. The van der Waals surface area contributed by atoms with Gasteiger partial charge in [-0.3, -0.25) is 0 Å². The van der Waals surface area contributed by atoms with Crippen molar-refractivity contribution in [3.05, 3.63) is 23.8 Å². The standard InChI is InChI=1S/C15H23NO2S/c1-3-12-6-4-7-13(10-12)19(17,18)15-9-5-8-14(16)11(15)2/h5,8-9,12-13H,3-4,6-7,10,16H2,1-2H3. The van der Waals surface area contributed by atoms with E-state index < -0.39 is 9.84 Å². The molecule has 0 aliphatic heterocycles. The summed E-state index contributed by atoms with van der Waals surface area (Å²) >= 11 is 0. The van der Waals surface area contributed by atoms with Gasteiger partial charge in [0.2, 0.25) is 0 Å². The second kappa shape index (κ2) is 5.53. The Hall–Kier alpha value is -1.03. The molecule has 0 aromatic heterocycles. The van der Waals surface area contributed by atoms with Crippen molar-refractivity contribution in [2.75, 3.05) is 5.73 Å². The van der Waals surface area contributed by atoms with Crippen LogP contribution in [0.15, 0.2) is 23.1 Å². The monoisotopic (exact) mass is 281 g/mol. The summed E-state index contributed by atoms with van der Waals surface area (Å²) in [4.78, 5) is 0.425. The molecule has 1 aromatic rings. The van der Waals surface area contributed by atoms with E-state index in [2.05, 4.69) is 6.92 Å². The van der Waals surface area contributed by atoms with Gasteiger partial charge in [-0.25, -0.2) is 8.42 Å². The summed E-state index contributed by atoms with van der Waals surface area (Å²) in [6, 6.07) is 5.18. The second-order valence-corrected chi connectivity index (χ2v) is 7.77. The van der Waals surface area contributed by atoms with Crippen LogP contribution in [0, 0.1) is 12.8 Å².